The smallest absolute Gasteiger partial charge is 0.0634 e. The predicted molar refractivity (Wildman–Crippen MR) is 80.5 cm³/mol. The molecule has 1 saturated heterocycles. The molecule has 1 fully saturated rings. The van der Waals surface area contributed by atoms with Gasteiger partial charge in [0.1, 0.15) is 0 Å². The summed E-state index contributed by atoms with van der Waals surface area (Å²) in [5, 5.41) is 4.21. The third kappa shape index (κ3) is 4.75. The molecule has 0 bridgehead atoms. The van der Waals surface area contributed by atoms with Gasteiger partial charge in [0.05, 0.1) is 5.02 Å². The molecule has 1 aromatic rings. The minimum atomic E-state index is 0.750. The van der Waals surface area contributed by atoms with Crippen LogP contribution in [0.15, 0.2) is 18.5 Å². The van der Waals surface area contributed by atoms with Crippen LogP contribution in [0.2, 0.25) is 5.02 Å². The maximum Gasteiger partial charge on any atom is 0.0634 e. The van der Waals surface area contributed by atoms with Gasteiger partial charge < -0.3 is 10.2 Å². The lowest BCUT2D eigenvalue weighted by Crippen LogP contribution is -2.38. The molecule has 1 atom stereocenters. The lowest BCUT2D eigenvalue weighted by Gasteiger charge is -2.33. The van der Waals surface area contributed by atoms with Gasteiger partial charge in [0, 0.05) is 25.0 Å². The van der Waals surface area contributed by atoms with E-state index in [4.69, 9.17) is 11.6 Å². The number of hydrogen-bond donors (Lipinski definition) is 1. The largest absolute Gasteiger partial charge is 0.313 e. The normalized spacial score (nSPS) is 20.6. The predicted octanol–water partition coefficient (Wildman–Crippen LogP) is 3.09. The van der Waals surface area contributed by atoms with Gasteiger partial charge in [0.25, 0.3) is 0 Å². The minimum Gasteiger partial charge on any atom is -0.313 e. The van der Waals surface area contributed by atoms with Crippen molar-refractivity contribution >= 4 is 11.6 Å². The third-order valence-electron chi connectivity index (χ3n) is 3.91. The van der Waals surface area contributed by atoms with E-state index in [1.165, 1.54) is 38.8 Å². The summed E-state index contributed by atoms with van der Waals surface area (Å²) in [4.78, 5) is 6.61. The maximum atomic E-state index is 6.07. The highest BCUT2D eigenvalue weighted by Gasteiger charge is 2.16. The highest BCUT2D eigenvalue weighted by atomic mass is 35.5. The molecule has 0 aliphatic carbocycles. The van der Waals surface area contributed by atoms with Crippen molar-refractivity contribution in [3.8, 4) is 0 Å². The summed E-state index contributed by atoms with van der Waals surface area (Å²) in [5.41, 5.74) is 1.13. The van der Waals surface area contributed by atoms with Gasteiger partial charge in [-0.2, -0.15) is 0 Å². The molecule has 0 aromatic carbocycles. The quantitative estimate of drug-likeness (QED) is 0.812. The van der Waals surface area contributed by atoms with Gasteiger partial charge in [-0.25, -0.2) is 0 Å². The van der Waals surface area contributed by atoms with E-state index >= 15 is 0 Å². The van der Waals surface area contributed by atoms with Crippen LogP contribution in [0.4, 0.5) is 0 Å². The Labute approximate surface area is 121 Å². The standard InChI is InChI=1S/C15H24ClN3/c1-13-5-2-3-9-19(13)10-4-7-17-11-14-6-8-18-12-15(14)16/h6,8,12-13,17H,2-5,7,9-11H2,1H3. The molecular weight excluding hydrogens is 258 g/mol. The highest BCUT2D eigenvalue weighted by Crippen LogP contribution is 2.16. The molecule has 2 rings (SSSR count). The molecule has 4 heteroatoms. The zero-order chi connectivity index (χ0) is 13.5. The molecule has 0 saturated carbocycles. The maximum absolute atomic E-state index is 6.07. The molecule has 1 unspecified atom stereocenters. The van der Waals surface area contributed by atoms with Gasteiger partial charge in [-0.15, -0.1) is 0 Å². The number of rotatable bonds is 6. The number of hydrogen-bond acceptors (Lipinski definition) is 3. The number of nitrogens with zero attached hydrogens (tertiary/aromatic N) is 2. The number of halogens is 1. The average molecular weight is 282 g/mol. The first-order chi connectivity index (χ1) is 9.27. The average Bonchev–Trinajstić information content (AvgIpc) is 2.42. The van der Waals surface area contributed by atoms with E-state index in [-0.39, 0.29) is 0 Å². The molecule has 0 spiro atoms. The van der Waals surface area contributed by atoms with E-state index < -0.39 is 0 Å². The Morgan fingerprint density at radius 3 is 3.16 bits per heavy atom. The Morgan fingerprint density at radius 1 is 1.47 bits per heavy atom. The summed E-state index contributed by atoms with van der Waals surface area (Å²) < 4.78 is 0. The number of nitrogens with one attached hydrogen (secondary N) is 1. The monoisotopic (exact) mass is 281 g/mol. The lowest BCUT2D eigenvalue weighted by molar-refractivity contribution is 0.159. The molecule has 1 aliphatic heterocycles. The van der Waals surface area contributed by atoms with Gasteiger partial charge in [-0.3, -0.25) is 4.98 Å². The van der Waals surface area contributed by atoms with Crippen molar-refractivity contribution in [3.05, 3.63) is 29.0 Å². The molecule has 0 radical (unpaired) electrons. The fourth-order valence-electron chi connectivity index (χ4n) is 2.67. The van der Waals surface area contributed by atoms with Crippen LogP contribution >= 0.6 is 11.6 Å². The van der Waals surface area contributed by atoms with Crippen molar-refractivity contribution in [2.24, 2.45) is 0 Å². The van der Waals surface area contributed by atoms with Crippen molar-refractivity contribution in [3.63, 3.8) is 0 Å². The third-order valence-corrected chi connectivity index (χ3v) is 4.25. The SMILES string of the molecule is CC1CCCCN1CCCNCc1ccncc1Cl. The molecular formula is C15H24ClN3. The first-order valence-electron chi connectivity index (χ1n) is 7.30. The van der Waals surface area contributed by atoms with E-state index in [1.54, 1.807) is 12.4 Å². The van der Waals surface area contributed by atoms with Crippen molar-refractivity contribution in [2.45, 2.75) is 45.2 Å². The number of piperidine rings is 1. The highest BCUT2D eigenvalue weighted by molar-refractivity contribution is 6.31. The van der Waals surface area contributed by atoms with Gasteiger partial charge in [0.15, 0.2) is 0 Å². The lowest BCUT2D eigenvalue weighted by atomic mass is 10.0. The Hall–Kier alpha value is -0.640. The second kappa shape index (κ2) is 7.83. The summed E-state index contributed by atoms with van der Waals surface area (Å²) >= 11 is 6.07. The van der Waals surface area contributed by atoms with Crippen LogP contribution in [-0.2, 0) is 6.54 Å². The molecule has 3 nitrogen and oxygen atoms in total. The number of aromatic nitrogens is 1. The van der Waals surface area contributed by atoms with Gasteiger partial charge >= 0.3 is 0 Å². The molecule has 19 heavy (non-hydrogen) atoms. The Kier molecular flexibility index (Phi) is 6.08. The van der Waals surface area contributed by atoms with Crippen LogP contribution in [0.1, 0.15) is 38.2 Å². The van der Waals surface area contributed by atoms with Crippen LogP contribution in [0, 0.1) is 0 Å². The molecule has 0 amide bonds. The summed E-state index contributed by atoms with van der Waals surface area (Å²) in [6.45, 7) is 6.71. The van der Waals surface area contributed by atoms with Gasteiger partial charge in [-0.1, -0.05) is 18.0 Å². The molecule has 1 N–H and O–H groups in total. The van der Waals surface area contributed by atoms with Crippen LogP contribution in [0.5, 0.6) is 0 Å². The van der Waals surface area contributed by atoms with Crippen LogP contribution < -0.4 is 5.32 Å². The van der Waals surface area contributed by atoms with Crippen molar-refractivity contribution < 1.29 is 0 Å². The van der Waals surface area contributed by atoms with Crippen LogP contribution in [0.25, 0.3) is 0 Å². The van der Waals surface area contributed by atoms with Crippen molar-refractivity contribution in [1.82, 2.24) is 15.2 Å². The van der Waals surface area contributed by atoms with Crippen LogP contribution in [-0.4, -0.2) is 35.6 Å². The van der Waals surface area contributed by atoms with E-state index in [1.807, 2.05) is 6.07 Å². The second-order valence-electron chi connectivity index (χ2n) is 5.38. The second-order valence-corrected chi connectivity index (χ2v) is 5.79. The summed E-state index contributed by atoms with van der Waals surface area (Å²) in [6, 6.07) is 2.74. The molecule has 106 valence electrons. The first-order valence-corrected chi connectivity index (χ1v) is 7.68. The number of pyridine rings is 1. The fraction of sp³-hybridized carbons (Fsp3) is 0.667. The molecule has 1 aliphatic rings. The van der Waals surface area contributed by atoms with E-state index in [9.17, 15) is 0 Å². The Balaban J connectivity index is 1.61. The molecule has 2 heterocycles. The van der Waals surface area contributed by atoms with Gasteiger partial charge in [0.2, 0.25) is 0 Å². The number of likely N-dealkylation sites (tertiary alicyclic amines) is 1. The summed E-state index contributed by atoms with van der Waals surface area (Å²) in [7, 11) is 0. The Morgan fingerprint density at radius 2 is 2.37 bits per heavy atom. The zero-order valence-electron chi connectivity index (χ0n) is 11.7. The van der Waals surface area contributed by atoms with Crippen LogP contribution in [0.3, 0.4) is 0 Å². The van der Waals surface area contributed by atoms with Gasteiger partial charge in [-0.05, 0) is 57.5 Å². The minimum absolute atomic E-state index is 0.750. The Bertz CT molecular complexity index is 383. The van der Waals surface area contributed by atoms with Crippen molar-refractivity contribution in [1.29, 1.82) is 0 Å². The van der Waals surface area contributed by atoms with E-state index in [0.29, 0.717) is 0 Å². The molecule has 1 aromatic heterocycles. The zero-order valence-corrected chi connectivity index (χ0v) is 12.5. The van der Waals surface area contributed by atoms with E-state index in [0.717, 1.165) is 29.7 Å². The van der Waals surface area contributed by atoms with E-state index in [2.05, 4.69) is 22.1 Å². The summed E-state index contributed by atoms with van der Waals surface area (Å²) in [6.07, 6.45) is 8.82. The fourth-order valence-corrected chi connectivity index (χ4v) is 2.85. The summed E-state index contributed by atoms with van der Waals surface area (Å²) in [5.74, 6) is 0. The topological polar surface area (TPSA) is 28.2 Å². The van der Waals surface area contributed by atoms with Crippen molar-refractivity contribution in [2.75, 3.05) is 19.6 Å². The first kappa shape index (κ1) is 14.8.